The van der Waals surface area contributed by atoms with Gasteiger partial charge in [0, 0.05) is 0 Å². The summed E-state index contributed by atoms with van der Waals surface area (Å²) in [5.74, 6) is 0. The molecular formula is C20H25N. The third-order valence-electron chi connectivity index (χ3n) is 4.77. The van der Waals surface area contributed by atoms with Crippen LogP contribution in [0.15, 0.2) is 36.4 Å². The molecule has 1 atom stereocenters. The first-order valence-electron chi connectivity index (χ1n) is 7.97. The largest absolute Gasteiger partial charge is 0.318 e. The van der Waals surface area contributed by atoms with Gasteiger partial charge >= 0.3 is 0 Å². The molecule has 110 valence electrons. The van der Waals surface area contributed by atoms with Crippen LogP contribution in [-0.4, -0.2) is 0 Å². The van der Waals surface area contributed by atoms with Gasteiger partial charge in [-0.2, -0.15) is 0 Å². The molecule has 0 aliphatic heterocycles. The summed E-state index contributed by atoms with van der Waals surface area (Å²) in [6.45, 7) is 6.41. The molecule has 1 aliphatic rings. The number of aryl methyl sites for hydroxylation is 4. The molecule has 0 radical (unpaired) electrons. The molecule has 2 aromatic rings. The Bertz CT molecular complexity index is 647. The fourth-order valence-electron chi connectivity index (χ4n) is 3.50. The SMILES string of the molecule is Cc1cc(C)cc(C(C)(N)c2ccc3c(c2)CCCC3)c1. The molecule has 0 bridgehead atoms. The van der Waals surface area contributed by atoms with Crippen molar-refractivity contribution in [1.29, 1.82) is 0 Å². The number of rotatable bonds is 2. The van der Waals surface area contributed by atoms with E-state index in [1.54, 1.807) is 0 Å². The first-order chi connectivity index (χ1) is 9.96. The van der Waals surface area contributed by atoms with E-state index in [0.717, 1.165) is 0 Å². The van der Waals surface area contributed by atoms with Gasteiger partial charge < -0.3 is 5.73 Å². The Balaban J connectivity index is 2.04. The van der Waals surface area contributed by atoms with Gasteiger partial charge in [0.05, 0.1) is 5.54 Å². The highest BCUT2D eigenvalue weighted by Gasteiger charge is 2.25. The summed E-state index contributed by atoms with van der Waals surface area (Å²) in [4.78, 5) is 0. The fourth-order valence-corrected chi connectivity index (χ4v) is 3.50. The van der Waals surface area contributed by atoms with E-state index in [4.69, 9.17) is 5.73 Å². The number of hydrogen-bond donors (Lipinski definition) is 1. The maximum Gasteiger partial charge on any atom is 0.0637 e. The van der Waals surface area contributed by atoms with Crippen molar-refractivity contribution in [2.75, 3.05) is 0 Å². The second-order valence-electron chi connectivity index (χ2n) is 6.77. The summed E-state index contributed by atoms with van der Waals surface area (Å²) in [6.07, 6.45) is 5.05. The van der Waals surface area contributed by atoms with Crippen LogP contribution >= 0.6 is 0 Å². The zero-order valence-corrected chi connectivity index (χ0v) is 13.4. The minimum atomic E-state index is -0.427. The summed E-state index contributed by atoms with van der Waals surface area (Å²) < 4.78 is 0. The number of nitrogens with two attached hydrogens (primary N) is 1. The summed E-state index contributed by atoms with van der Waals surface area (Å²) in [6, 6.07) is 13.5. The van der Waals surface area contributed by atoms with Crippen molar-refractivity contribution in [3.63, 3.8) is 0 Å². The van der Waals surface area contributed by atoms with Gasteiger partial charge in [0.2, 0.25) is 0 Å². The first-order valence-corrected chi connectivity index (χ1v) is 7.97. The monoisotopic (exact) mass is 279 g/mol. The van der Waals surface area contributed by atoms with Gasteiger partial charge in [-0.1, -0.05) is 47.5 Å². The van der Waals surface area contributed by atoms with Crippen LogP contribution in [0, 0.1) is 13.8 Å². The van der Waals surface area contributed by atoms with Gasteiger partial charge in [-0.25, -0.2) is 0 Å². The van der Waals surface area contributed by atoms with Crippen LogP contribution < -0.4 is 5.73 Å². The second kappa shape index (κ2) is 5.31. The van der Waals surface area contributed by atoms with E-state index in [9.17, 15) is 0 Å². The van der Waals surface area contributed by atoms with Gasteiger partial charge in [0.25, 0.3) is 0 Å². The van der Waals surface area contributed by atoms with Crippen LogP contribution in [0.4, 0.5) is 0 Å². The van der Waals surface area contributed by atoms with Gasteiger partial charge in [-0.05, 0) is 68.7 Å². The van der Waals surface area contributed by atoms with E-state index in [1.807, 2.05) is 0 Å². The first kappa shape index (κ1) is 14.3. The van der Waals surface area contributed by atoms with Crippen LogP contribution in [0.2, 0.25) is 0 Å². The van der Waals surface area contributed by atoms with Gasteiger partial charge in [-0.3, -0.25) is 0 Å². The minimum Gasteiger partial charge on any atom is -0.318 e. The lowest BCUT2D eigenvalue weighted by molar-refractivity contribution is 0.597. The molecule has 2 aromatic carbocycles. The standard InChI is InChI=1S/C20H25N/c1-14-10-15(2)12-19(11-14)20(3,21)18-9-8-16-6-4-5-7-17(16)13-18/h8-13H,4-7,21H2,1-3H3. The van der Waals surface area contributed by atoms with Crippen molar-refractivity contribution < 1.29 is 0 Å². The maximum atomic E-state index is 6.73. The van der Waals surface area contributed by atoms with Gasteiger partial charge in [-0.15, -0.1) is 0 Å². The van der Waals surface area contributed by atoms with E-state index in [2.05, 4.69) is 57.2 Å². The van der Waals surface area contributed by atoms with E-state index in [0.29, 0.717) is 0 Å². The Morgan fingerprint density at radius 3 is 2.10 bits per heavy atom. The lowest BCUT2D eigenvalue weighted by Gasteiger charge is -2.29. The Labute approximate surface area is 128 Å². The molecule has 1 nitrogen and oxygen atoms in total. The number of benzene rings is 2. The quantitative estimate of drug-likeness (QED) is 0.866. The molecule has 2 N–H and O–H groups in total. The van der Waals surface area contributed by atoms with Gasteiger partial charge in [0.1, 0.15) is 0 Å². The predicted octanol–water partition coefficient (Wildman–Crippen LogP) is 4.40. The molecule has 0 fully saturated rings. The molecule has 1 aliphatic carbocycles. The molecule has 0 saturated heterocycles. The Morgan fingerprint density at radius 2 is 1.43 bits per heavy atom. The normalized spacial score (nSPS) is 17.1. The highest BCUT2D eigenvalue weighted by Crippen LogP contribution is 2.31. The lowest BCUT2D eigenvalue weighted by atomic mass is 9.81. The minimum absolute atomic E-state index is 0.427. The average molecular weight is 279 g/mol. The van der Waals surface area contributed by atoms with Crippen LogP contribution in [0.3, 0.4) is 0 Å². The number of hydrogen-bond acceptors (Lipinski definition) is 1. The lowest BCUT2D eigenvalue weighted by Crippen LogP contribution is -2.34. The van der Waals surface area contributed by atoms with Crippen LogP contribution in [0.1, 0.15) is 53.1 Å². The predicted molar refractivity (Wildman–Crippen MR) is 89.6 cm³/mol. The zero-order chi connectivity index (χ0) is 15.0. The Morgan fingerprint density at radius 1 is 0.810 bits per heavy atom. The number of fused-ring (bicyclic) bond motifs is 1. The molecule has 0 heterocycles. The Hall–Kier alpha value is -1.60. The molecule has 0 aromatic heterocycles. The van der Waals surface area contributed by atoms with Crippen molar-refractivity contribution in [2.24, 2.45) is 5.73 Å². The Kier molecular flexibility index (Phi) is 3.62. The van der Waals surface area contributed by atoms with Crippen LogP contribution in [0.5, 0.6) is 0 Å². The van der Waals surface area contributed by atoms with E-state index >= 15 is 0 Å². The summed E-state index contributed by atoms with van der Waals surface area (Å²) in [5, 5.41) is 0. The molecule has 0 amide bonds. The smallest absolute Gasteiger partial charge is 0.0637 e. The van der Waals surface area contributed by atoms with Crippen LogP contribution in [0.25, 0.3) is 0 Å². The topological polar surface area (TPSA) is 26.0 Å². The third kappa shape index (κ3) is 2.75. The molecule has 21 heavy (non-hydrogen) atoms. The summed E-state index contributed by atoms with van der Waals surface area (Å²) in [5.41, 5.74) is 14.3. The van der Waals surface area contributed by atoms with Crippen molar-refractivity contribution in [2.45, 2.75) is 52.0 Å². The van der Waals surface area contributed by atoms with Crippen molar-refractivity contribution in [1.82, 2.24) is 0 Å². The third-order valence-corrected chi connectivity index (χ3v) is 4.77. The van der Waals surface area contributed by atoms with Crippen molar-refractivity contribution >= 4 is 0 Å². The second-order valence-corrected chi connectivity index (χ2v) is 6.77. The van der Waals surface area contributed by atoms with E-state index < -0.39 is 5.54 Å². The highest BCUT2D eigenvalue weighted by atomic mass is 14.7. The maximum absolute atomic E-state index is 6.73. The molecule has 0 saturated carbocycles. The van der Waals surface area contributed by atoms with Gasteiger partial charge in [0.15, 0.2) is 0 Å². The highest BCUT2D eigenvalue weighted by molar-refractivity contribution is 5.44. The van der Waals surface area contributed by atoms with Crippen molar-refractivity contribution in [3.05, 3.63) is 69.8 Å². The average Bonchev–Trinajstić information content (AvgIpc) is 2.45. The van der Waals surface area contributed by atoms with Crippen molar-refractivity contribution in [3.8, 4) is 0 Å². The fraction of sp³-hybridized carbons (Fsp3) is 0.400. The molecule has 0 spiro atoms. The molecule has 1 heteroatoms. The molecule has 3 rings (SSSR count). The molecule has 1 unspecified atom stereocenters. The van der Waals surface area contributed by atoms with E-state index in [-0.39, 0.29) is 0 Å². The summed E-state index contributed by atoms with van der Waals surface area (Å²) >= 11 is 0. The zero-order valence-electron chi connectivity index (χ0n) is 13.4. The summed E-state index contributed by atoms with van der Waals surface area (Å²) in [7, 11) is 0. The molecular weight excluding hydrogens is 254 g/mol. The van der Waals surface area contributed by atoms with E-state index in [1.165, 1.54) is 59.1 Å². The van der Waals surface area contributed by atoms with Crippen LogP contribution in [-0.2, 0) is 18.4 Å².